The second-order valence-electron chi connectivity index (χ2n) is 6.83. The number of hydrogen-bond acceptors (Lipinski definition) is 6. The van der Waals surface area contributed by atoms with E-state index in [0.717, 1.165) is 51.0 Å². The number of ether oxygens (including phenoxy) is 2. The highest BCUT2D eigenvalue weighted by molar-refractivity contribution is 5.54. The first-order chi connectivity index (χ1) is 12.7. The van der Waals surface area contributed by atoms with Crippen molar-refractivity contribution in [1.82, 2.24) is 15.5 Å². The first-order valence-corrected chi connectivity index (χ1v) is 8.87. The van der Waals surface area contributed by atoms with Gasteiger partial charge in [0.1, 0.15) is 17.2 Å². The van der Waals surface area contributed by atoms with Crippen LogP contribution in [0.1, 0.15) is 31.5 Å². The number of nitrogens with zero attached hydrogens (tertiary/aromatic N) is 2. The van der Waals surface area contributed by atoms with Gasteiger partial charge in [0.15, 0.2) is 5.82 Å². The molecule has 2 aliphatic heterocycles. The van der Waals surface area contributed by atoms with Crippen LogP contribution in [0.4, 0.5) is 8.78 Å². The lowest BCUT2D eigenvalue weighted by Crippen LogP contribution is -2.49. The molecule has 3 heterocycles. The van der Waals surface area contributed by atoms with Gasteiger partial charge in [0.05, 0.1) is 12.1 Å². The zero-order valence-electron chi connectivity index (χ0n) is 14.3. The number of hydrogen-bond donors (Lipinski definition) is 1. The molecule has 0 bridgehead atoms. The van der Waals surface area contributed by atoms with Crippen LogP contribution in [0.15, 0.2) is 22.7 Å². The summed E-state index contributed by atoms with van der Waals surface area (Å²) in [6, 6.07) is 3.89. The van der Waals surface area contributed by atoms with E-state index in [-0.39, 0.29) is 23.1 Å². The van der Waals surface area contributed by atoms with Gasteiger partial charge in [-0.15, -0.1) is 0 Å². The number of aromatic nitrogens is 2. The summed E-state index contributed by atoms with van der Waals surface area (Å²) < 4.78 is 44.1. The maximum Gasteiger partial charge on any atom is 0.263 e. The Labute approximate surface area is 149 Å². The van der Waals surface area contributed by atoms with Gasteiger partial charge in [-0.25, -0.2) is 8.78 Å². The van der Waals surface area contributed by atoms with Gasteiger partial charge in [0.2, 0.25) is 0 Å². The van der Waals surface area contributed by atoms with Crippen LogP contribution in [0.2, 0.25) is 0 Å². The summed E-state index contributed by atoms with van der Waals surface area (Å²) in [5.41, 5.74) is -0.397. The fourth-order valence-electron chi connectivity index (χ4n) is 3.66. The van der Waals surface area contributed by atoms with Gasteiger partial charge in [-0.3, -0.25) is 0 Å². The monoisotopic (exact) mass is 365 g/mol. The second-order valence-corrected chi connectivity index (χ2v) is 6.83. The highest BCUT2D eigenvalue weighted by Gasteiger charge is 2.38. The Morgan fingerprint density at radius 3 is 2.69 bits per heavy atom. The quantitative estimate of drug-likeness (QED) is 0.899. The molecule has 2 fully saturated rings. The molecule has 8 heteroatoms. The lowest BCUT2D eigenvalue weighted by molar-refractivity contribution is -0.140. The van der Waals surface area contributed by atoms with E-state index < -0.39 is 11.6 Å². The van der Waals surface area contributed by atoms with Crippen LogP contribution in [-0.4, -0.2) is 41.6 Å². The van der Waals surface area contributed by atoms with Crippen molar-refractivity contribution in [3.8, 4) is 11.5 Å². The van der Waals surface area contributed by atoms with Crippen molar-refractivity contribution in [2.24, 2.45) is 0 Å². The number of benzene rings is 1. The number of nitrogens with one attached hydrogen (secondary N) is 1. The smallest absolute Gasteiger partial charge is 0.263 e. The van der Waals surface area contributed by atoms with Crippen LogP contribution < -0.4 is 5.32 Å². The maximum atomic E-state index is 13.8. The molecule has 1 atom stereocenters. The van der Waals surface area contributed by atoms with Gasteiger partial charge in [0.25, 0.3) is 5.89 Å². The molecule has 0 radical (unpaired) electrons. The van der Waals surface area contributed by atoms with Crippen LogP contribution in [0.25, 0.3) is 11.5 Å². The fraction of sp³-hybridized carbons (Fsp3) is 0.556. The molecule has 140 valence electrons. The zero-order chi connectivity index (χ0) is 18.0. The summed E-state index contributed by atoms with van der Waals surface area (Å²) in [5.74, 6) is -1.22. The van der Waals surface area contributed by atoms with E-state index in [0.29, 0.717) is 19.0 Å². The minimum atomic E-state index is -0.723. The van der Waals surface area contributed by atoms with Gasteiger partial charge in [-0.2, -0.15) is 4.98 Å². The molecule has 0 amide bonds. The molecule has 2 saturated heterocycles. The van der Waals surface area contributed by atoms with Gasteiger partial charge >= 0.3 is 0 Å². The van der Waals surface area contributed by atoms with Crippen molar-refractivity contribution >= 4 is 0 Å². The van der Waals surface area contributed by atoms with E-state index in [1.54, 1.807) is 0 Å². The van der Waals surface area contributed by atoms with Crippen LogP contribution in [-0.2, 0) is 16.0 Å². The number of rotatable bonds is 4. The van der Waals surface area contributed by atoms with Crippen LogP contribution in [0.3, 0.4) is 0 Å². The molecular formula is C18H21F2N3O3. The van der Waals surface area contributed by atoms with E-state index in [4.69, 9.17) is 14.0 Å². The number of halogens is 2. The first kappa shape index (κ1) is 17.5. The second kappa shape index (κ2) is 7.38. The minimum absolute atomic E-state index is 0.104. The van der Waals surface area contributed by atoms with Crippen LogP contribution >= 0.6 is 0 Å². The molecule has 26 heavy (non-hydrogen) atoms. The summed E-state index contributed by atoms with van der Waals surface area (Å²) in [5, 5.41) is 7.24. The fourth-order valence-corrected chi connectivity index (χ4v) is 3.66. The zero-order valence-corrected chi connectivity index (χ0v) is 14.3. The summed E-state index contributed by atoms with van der Waals surface area (Å²) in [6.07, 6.45) is 3.62. The molecule has 0 unspecified atom stereocenters. The normalized spacial score (nSPS) is 22.6. The van der Waals surface area contributed by atoms with Crippen molar-refractivity contribution < 1.29 is 22.8 Å². The predicted molar refractivity (Wildman–Crippen MR) is 88.2 cm³/mol. The molecule has 1 aromatic carbocycles. The highest BCUT2D eigenvalue weighted by atomic mass is 19.1. The molecule has 1 spiro atoms. The molecule has 0 saturated carbocycles. The van der Waals surface area contributed by atoms with Crippen molar-refractivity contribution in [3.63, 3.8) is 0 Å². The molecule has 2 aliphatic rings. The summed E-state index contributed by atoms with van der Waals surface area (Å²) in [4.78, 5) is 4.12. The van der Waals surface area contributed by atoms with Gasteiger partial charge < -0.3 is 19.3 Å². The Bertz CT molecular complexity index is 736. The third-order valence-electron chi connectivity index (χ3n) is 5.09. The molecule has 6 nitrogen and oxygen atoms in total. The van der Waals surface area contributed by atoms with E-state index in [1.807, 2.05) is 0 Å². The Kier molecular flexibility index (Phi) is 4.97. The maximum absolute atomic E-state index is 13.8. The summed E-state index contributed by atoms with van der Waals surface area (Å²) in [6.45, 7) is 2.54. The van der Waals surface area contributed by atoms with E-state index in [9.17, 15) is 8.78 Å². The highest BCUT2D eigenvalue weighted by Crippen LogP contribution is 2.34. The lowest BCUT2D eigenvalue weighted by atomic mass is 9.84. The minimum Gasteiger partial charge on any atom is -0.381 e. The average Bonchev–Trinajstić information content (AvgIpc) is 3.09. The Morgan fingerprint density at radius 1 is 1.15 bits per heavy atom. The molecule has 1 aromatic heterocycles. The van der Waals surface area contributed by atoms with Gasteiger partial charge in [-0.1, -0.05) is 11.2 Å². The largest absolute Gasteiger partial charge is 0.381 e. The van der Waals surface area contributed by atoms with Crippen molar-refractivity contribution in [3.05, 3.63) is 35.7 Å². The third-order valence-corrected chi connectivity index (χ3v) is 5.09. The lowest BCUT2D eigenvalue weighted by Gasteiger charge is -2.43. The molecule has 2 aromatic rings. The standard InChI is InChI=1S/C18H21F2N3O3/c19-13-2-1-3-14(20)16(13)17-22-15(23-26-17)11-21-12-4-7-25-18(10-12)5-8-24-9-6-18/h1-3,12,21H,4-11H2/t12-/m0/s1. The van der Waals surface area contributed by atoms with Gasteiger partial charge in [0, 0.05) is 25.9 Å². The Morgan fingerprint density at radius 2 is 1.92 bits per heavy atom. The SMILES string of the molecule is Fc1cccc(F)c1-c1nc(CN[C@H]2CCOC3(CCOCC3)C2)no1. The van der Waals surface area contributed by atoms with E-state index in [2.05, 4.69) is 15.5 Å². The van der Waals surface area contributed by atoms with Crippen LogP contribution in [0.5, 0.6) is 0 Å². The summed E-state index contributed by atoms with van der Waals surface area (Å²) in [7, 11) is 0. The van der Waals surface area contributed by atoms with E-state index >= 15 is 0 Å². The topological polar surface area (TPSA) is 69.4 Å². The van der Waals surface area contributed by atoms with Crippen molar-refractivity contribution in [2.45, 2.75) is 43.9 Å². The molecular weight excluding hydrogens is 344 g/mol. The molecule has 0 aliphatic carbocycles. The first-order valence-electron chi connectivity index (χ1n) is 8.87. The summed E-state index contributed by atoms with van der Waals surface area (Å²) >= 11 is 0. The van der Waals surface area contributed by atoms with Crippen molar-refractivity contribution in [2.75, 3.05) is 19.8 Å². The predicted octanol–water partition coefficient (Wildman–Crippen LogP) is 2.83. The Balaban J connectivity index is 1.39. The molecule has 4 rings (SSSR count). The van der Waals surface area contributed by atoms with Crippen molar-refractivity contribution in [1.29, 1.82) is 0 Å². The van der Waals surface area contributed by atoms with E-state index in [1.165, 1.54) is 6.07 Å². The average molecular weight is 365 g/mol. The van der Waals surface area contributed by atoms with Crippen LogP contribution in [0, 0.1) is 11.6 Å². The third kappa shape index (κ3) is 3.62. The Hall–Kier alpha value is -1.90. The molecule has 1 N–H and O–H groups in total. The van der Waals surface area contributed by atoms with Gasteiger partial charge in [-0.05, 0) is 37.8 Å².